The topological polar surface area (TPSA) is 35.6 Å². The van der Waals surface area contributed by atoms with E-state index in [0.29, 0.717) is 12.7 Å². The summed E-state index contributed by atoms with van der Waals surface area (Å²) in [5, 5.41) is 3.35. The van der Waals surface area contributed by atoms with Crippen LogP contribution in [0.15, 0.2) is 0 Å². The fourth-order valence-electron chi connectivity index (χ4n) is 2.66. The molecular formula is C15H31N3O. The molecule has 0 spiro atoms. The summed E-state index contributed by atoms with van der Waals surface area (Å²) < 4.78 is 0. The predicted octanol–water partition coefficient (Wildman–Crippen LogP) is 2.05. The van der Waals surface area contributed by atoms with Crippen molar-refractivity contribution in [3.05, 3.63) is 0 Å². The highest BCUT2D eigenvalue weighted by atomic mass is 16.2. The van der Waals surface area contributed by atoms with Crippen molar-refractivity contribution in [1.82, 2.24) is 15.1 Å². The molecule has 1 aliphatic heterocycles. The Labute approximate surface area is 118 Å². The predicted molar refractivity (Wildman–Crippen MR) is 80.0 cm³/mol. The van der Waals surface area contributed by atoms with Crippen LogP contribution in [0.4, 0.5) is 0 Å². The van der Waals surface area contributed by atoms with Gasteiger partial charge in [-0.1, -0.05) is 20.8 Å². The van der Waals surface area contributed by atoms with E-state index in [1.165, 1.54) is 0 Å². The number of nitrogens with zero attached hydrogens (tertiary/aromatic N) is 2. The Kier molecular flexibility index (Phi) is 6.27. The van der Waals surface area contributed by atoms with Gasteiger partial charge in [-0.2, -0.15) is 0 Å². The first kappa shape index (κ1) is 16.4. The lowest BCUT2D eigenvalue weighted by molar-refractivity contribution is -0.133. The minimum atomic E-state index is -0.340. The van der Waals surface area contributed by atoms with Crippen LogP contribution in [-0.4, -0.2) is 53.6 Å². The maximum atomic E-state index is 12.4. The quantitative estimate of drug-likeness (QED) is 0.732. The second-order valence-corrected chi connectivity index (χ2v) is 5.81. The second-order valence-electron chi connectivity index (χ2n) is 5.81. The summed E-state index contributed by atoms with van der Waals surface area (Å²) >= 11 is 0. The molecule has 0 aliphatic carbocycles. The van der Waals surface area contributed by atoms with Crippen molar-refractivity contribution in [3.8, 4) is 0 Å². The average molecular weight is 269 g/mol. The summed E-state index contributed by atoms with van der Waals surface area (Å²) in [5.41, 5.74) is -0.340. The SMILES string of the molecule is CCN(CC)CCCC(C)N1CNC(C)(CC)C1=O. The zero-order valence-electron chi connectivity index (χ0n) is 13.3. The van der Waals surface area contributed by atoms with Crippen LogP contribution >= 0.6 is 0 Å². The first-order valence-corrected chi connectivity index (χ1v) is 7.76. The fourth-order valence-corrected chi connectivity index (χ4v) is 2.66. The zero-order valence-corrected chi connectivity index (χ0v) is 13.3. The van der Waals surface area contributed by atoms with Crippen LogP contribution in [0.1, 0.15) is 53.9 Å². The van der Waals surface area contributed by atoms with Gasteiger partial charge in [0.25, 0.3) is 0 Å². The summed E-state index contributed by atoms with van der Waals surface area (Å²) in [6.07, 6.45) is 3.10. The Balaban J connectivity index is 2.39. The van der Waals surface area contributed by atoms with Crippen molar-refractivity contribution in [3.63, 3.8) is 0 Å². The van der Waals surface area contributed by atoms with Crippen molar-refractivity contribution in [2.75, 3.05) is 26.3 Å². The molecule has 1 amide bonds. The first-order chi connectivity index (χ1) is 8.98. The van der Waals surface area contributed by atoms with Crippen LogP contribution in [0.3, 0.4) is 0 Å². The average Bonchev–Trinajstić information content (AvgIpc) is 2.72. The van der Waals surface area contributed by atoms with Gasteiger partial charge in [0.15, 0.2) is 0 Å². The van der Waals surface area contributed by atoms with Crippen LogP contribution in [0.2, 0.25) is 0 Å². The molecule has 1 fully saturated rings. The lowest BCUT2D eigenvalue weighted by Gasteiger charge is -2.27. The molecule has 1 N–H and O–H groups in total. The fraction of sp³-hybridized carbons (Fsp3) is 0.933. The Bertz CT molecular complexity index is 291. The van der Waals surface area contributed by atoms with Crippen LogP contribution in [0.5, 0.6) is 0 Å². The molecule has 4 heteroatoms. The normalized spacial score (nSPS) is 25.4. The highest BCUT2D eigenvalue weighted by Crippen LogP contribution is 2.22. The number of rotatable bonds is 8. The Morgan fingerprint density at radius 2 is 2.00 bits per heavy atom. The molecule has 0 radical (unpaired) electrons. The smallest absolute Gasteiger partial charge is 0.243 e. The maximum Gasteiger partial charge on any atom is 0.243 e. The molecule has 0 aromatic rings. The van der Waals surface area contributed by atoms with Crippen LogP contribution in [-0.2, 0) is 4.79 Å². The van der Waals surface area contributed by atoms with Crippen molar-refractivity contribution in [2.24, 2.45) is 0 Å². The van der Waals surface area contributed by atoms with Crippen LogP contribution in [0, 0.1) is 0 Å². The monoisotopic (exact) mass is 269 g/mol. The van der Waals surface area contributed by atoms with E-state index < -0.39 is 0 Å². The van der Waals surface area contributed by atoms with Crippen LogP contribution in [0.25, 0.3) is 0 Å². The van der Waals surface area contributed by atoms with Gasteiger partial charge in [0.1, 0.15) is 0 Å². The second kappa shape index (κ2) is 7.25. The molecule has 1 rings (SSSR count). The van der Waals surface area contributed by atoms with Gasteiger partial charge in [0.2, 0.25) is 5.91 Å². The number of amides is 1. The third-order valence-electron chi connectivity index (χ3n) is 4.60. The molecule has 112 valence electrons. The van der Waals surface area contributed by atoms with E-state index in [1.807, 2.05) is 11.8 Å². The molecule has 1 heterocycles. The maximum absolute atomic E-state index is 12.4. The van der Waals surface area contributed by atoms with E-state index in [4.69, 9.17) is 0 Å². The molecule has 2 unspecified atom stereocenters. The lowest BCUT2D eigenvalue weighted by Crippen LogP contribution is -2.44. The Morgan fingerprint density at radius 1 is 1.37 bits per heavy atom. The number of nitrogens with one attached hydrogen (secondary N) is 1. The van der Waals surface area contributed by atoms with E-state index in [0.717, 1.165) is 38.9 Å². The van der Waals surface area contributed by atoms with Gasteiger partial charge in [0, 0.05) is 6.04 Å². The minimum absolute atomic E-state index is 0.269. The van der Waals surface area contributed by atoms with E-state index >= 15 is 0 Å². The van der Waals surface area contributed by atoms with E-state index in [-0.39, 0.29) is 11.4 Å². The largest absolute Gasteiger partial charge is 0.326 e. The highest BCUT2D eigenvalue weighted by Gasteiger charge is 2.42. The van der Waals surface area contributed by atoms with Crippen molar-refractivity contribution >= 4 is 5.91 Å². The van der Waals surface area contributed by atoms with E-state index in [9.17, 15) is 4.79 Å². The van der Waals surface area contributed by atoms with Crippen molar-refractivity contribution in [2.45, 2.75) is 65.5 Å². The summed E-state index contributed by atoms with van der Waals surface area (Å²) in [6, 6.07) is 0.337. The molecule has 0 bridgehead atoms. The van der Waals surface area contributed by atoms with Gasteiger partial charge >= 0.3 is 0 Å². The minimum Gasteiger partial charge on any atom is -0.326 e. The number of carbonyl (C=O) groups excluding carboxylic acids is 1. The molecule has 2 atom stereocenters. The number of hydrogen-bond donors (Lipinski definition) is 1. The molecule has 0 aromatic carbocycles. The van der Waals surface area contributed by atoms with Crippen molar-refractivity contribution < 1.29 is 4.79 Å². The number of hydrogen-bond acceptors (Lipinski definition) is 3. The molecule has 19 heavy (non-hydrogen) atoms. The van der Waals surface area contributed by atoms with Gasteiger partial charge in [-0.15, -0.1) is 0 Å². The standard InChI is InChI=1S/C15H31N3O/c1-6-15(5)14(19)18(12-16-15)13(4)10-9-11-17(7-2)8-3/h13,16H,6-12H2,1-5H3. The lowest BCUT2D eigenvalue weighted by atomic mass is 9.98. The summed E-state index contributed by atoms with van der Waals surface area (Å²) in [5.74, 6) is 0.269. The molecular weight excluding hydrogens is 238 g/mol. The molecule has 4 nitrogen and oxygen atoms in total. The summed E-state index contributed by atoms with van der Waals surface area (Å²) in [4.78, 5) is 16.8. The summed E-state index contributed by atoms with van der Waals surface area (Å²) in [7, 11) is 0. The first-order valence-electron chi connectivity index (χ1n) is 7.76. The highest BCUT2D eigenvalue weighted by molar-refractivity contribution is 5.88. The Hall–Kier alpha value is -0.610. The molecule has 0 saturated carbocycles. The van der Waals surface area contributed by atoms with Gasteiger partial charge < -0.3 is 9.80 Å². The third-order valence-corrected chi connectivity index (χ3v) is 4.60. The van der Waals surface area contributed by atoms with Gasteiger partial charge in [-0.3, -0.25) is 10.1 Å². The van der Waals surface area contributed by atoms with Crippen LogP contribution < -0.4 is 5.32 Å². The molecule has 0 aromatic heterocycles. The Morgan fingerprint density at radius 3 is 2.47 bits per heavy atom. The third kappa shape index (κ3) is 3.93. The van der Waals surface area contributed by atoms with E-state index in [2.05, 4.69) is 37.9 Å². The number of carbonyl (C=O) groups is 1. The van der Waals surface area contributed by atoms with Gasteiger partial charge in [-0.05, 0) is 52.7 Å². The van der Waals surface area contributed by atoms with Gasteiger partial charge in [0.05, 0.1) is 12.2 Å². The molecule has 1 saturated heterocycles. The zero-order chi connectivity index (χ0) is 14.5. The van der Waals surface area contributed by atoms with Gasteiger partial charge in [-0.25, -0.2) is 0 Å². The van der Waals surface area contributed by atoms with Crippen molar-refractivity contribution in [1.29, 1.82) is 0 Å². The summed E-state index contributed by atoms with van der Waals surface area (Å²) in [6.45, 7) is 14.7. The molecule has 1 aliphatic rings. The van der Waals surface area contributed by atoms with E-state index in [1.54, 1.807) is 0 Å².